The summed E-state index contributed by atoms with van der Waals surface area (Å²) in [6.45, 7) is 10.9. The minimum atomic E-state index is -0.155. The van der Waals surface area contributed by atoms with E-state index in [9.17, 15) is 4.79 Å². The molecule has 1 unspecified atom stereocenters. The average Bonchev–Trinajstić information content (AvgIpc) is 2.34. The zero-order valence-electron chi connectivity index (χ0n) is 13.4. The lowest BCUT2D eigenvalue weighted by Crippen LogP contribution is -2.39. The third kappa shape index (κ3) is 4.97. The fraction of sp³-hybridized carbons (Fsp3) is 0.588. The van der Waals surface area contributed by atoms with Gasteiger partial charge in [0.25, 0.3) is 0 Å². The first-order valence-corrected chi connectivity index (χ1v) is 7.34. The van der Waals surface area contributed by atoms with Crippen molar-refractivity contribution in [2.75, 3.05) is 6.54 Å². The maximum absolute atomic E-state index is 12.0. The van der Waals surface area contributed by atoms with Crippen LogP contribution in [0.4, 0.5) is 0 Å². The highest BCUT2D eigenvalue weighted by molar-refractivity contribution is 5.79. The van der Waals surface area contributed by atoms with E-state index >= 15 is 0 Å². The molecule has 1 aromatic rings. The minimum Gasteiger partial charge on any atom is -0.354 e. The molecule has 1 aromatic carbocycles. The Hall–Kier alpha value is -1.35. The number of rotatable bonds is 5. The zero-order chi connectivity index (χ0) is 15.3. The van der Waals surface area contributed by atoms with E-state index in [-0.39, 0.29) is 23.3 Å². The van der Waals surface area contributed by atoms with Gasteiger partial charge in [0.15, 0.2) is 0 Å². The van der Waals surface area contributed by atoms with Gasteiger partial charge in [-0.3, -0.25) is 4.79 Å². The van der Waals surface area contributed by atoms with Crippen molar-refractivity contribution >= 4 is 5.91 Å². The van der Waals surface area contributed by atoms with Crippen molar-refractivity contribution in [1.29, 1.82) is 0 Å². The number of carbonyl (C=O) groups is 1. The number of nitrogens with one attached hydrogen (secondary N) is 1. The molecule has 3 nitrogen and oxygen atoms in total. The van der Waals surface area contributed by atoms with Gasteiger partial charge in [-0.1, -0.05) is 45.0 Å². The number of hydrogen-bond acceptors (Lipinski definition) is 2. The van der Waals surface area contributed by atoms with Crippen molar-refractivity contribution in [3.8, 4) is 0 Å². The van der Waals surface area contributed by atoms with Gasteiger partial charge in [-0.25, -0.2) is 0 Å². The molecule has 0 aliphatic rings. The largest absolute Gasteiger partial charge is 0.354 e. The predicted octanol–water partition coefficient (Wildman–Crippen LogP) is 2.63. The summed E-state index contributed by atoms with van der Waals surface area (Å²) in [5, 5.41) is 2.93. The summed E-state index contributed by atoms with van der Waals surface area (Å²) < 4.78 is 0. The van der Waals surface area contributed by atoms with E-state index in [1.54, 1.807) is 0 Å². The molecular formula is C17H28N2O. The maximum atomic E-state index is 12.0. The highest BCUT2D eigenvalue weighted by Gasteiger charge is 2.18. The lowest BCUT2D eigenvalue weighted by Gasteiger charge is -2.20. The molecule has 0 aromatic heterocycles. The summed E-state index contributed by atoms with van der Waals surface area (Å²) in [7, 11) is 0. The number of amides is 1. The van der Waals surface area contributed by atoms with Crippen molar-refractivity contribution < 1.29 is 4.79 Å². The molecule has 0 saturated carbocycles. The Bertz CT molecular complexity index is 429. The van der Waals surface area contributed by atoms with Crippen LogP contribution in [0.3, 0.4) is 0 Å². The summed E-state index contributed by atoms with van der Waals surface area (Å²) in [5.74, 6) is -0.111. The second kappa shape index (κ2) is 6.89. The van der Waals surface area contributed by atoms with E-state index in [0.717, 1.165) is 5.56 Å². The quantitative estimate of drug-likeness (QED) is 0.868. The van der Waals surface area contributed by atoms with Gasteiger partial charge in [0, 0.05) is 12.6 Å². The van der Waals surface area contributed by atoms with E-state index in [1.807, 2.05) is 13.8 Å². The van der Waals surface area contributed by atoms with E-state index < -0.39 is 0 Å². The number of benzene rings is 1. The normalized spacial score (nSPS) is 13.3. The molecule has 20 heavy (non-hydrogen) atoms. The molecule has 1 amide bonds. The molecule has 3 heteroatoms. The van der Waals surface area contributed by atoms with Gasteiger partial charge in [0.05, 0.1) is 5.92 Å². The molecule has 3 N–H and O–H groups in total. The van der Waals surface area contributed by atoms with Gasteiger partial charge in [-0.15, -0.1) is 0 Å². The summed E-state index contributed by atoms with van der Waals surface area (Å²) in [6.07, 6.45) is 0.694. The summed E-state index contributed by atoms with van der Waals surface area (Å²) in [5.41, 5.74) is 8.35. The second-order valence-corrected chi connectivity index (χ2v) is 6.75. The fourth-order valence-electron chi connectivity index (χ4n) is 2.11. The molecule has 0 heterocycles. The Morgan fingerprint density at radius 1 is 1.20 bits per heavy atom. The Kier molecular flexibility index (Phi) is 5.75. The van der Waals surface area contributed by atoms with Gasteiger partial charge < -0.3 is 11.1 Å². The van der Waals surface area contributed by atoms with Gasteiger partial charge in [-0.2, -0.15) is 0 Å². The lowest BCUT2D eigenvalue weighted by molar-refractivity contribution is -0.125. The van der Waals surface area contributed by atoms with Crippen molar-refractivity contribution in [3.05, 3.63) is 35.4 Å². The van der Waals surface area contributed by atoms with Gasteiger partial charge in [-0.05, 0) is 36.8 Å². The lowest BCUT2D eigenvalue weighted by atomic mass is 9.86. The molecule has 112 valence electrons. The first kappa shape index (κ1) is 16.7. The average molecular weight is 276 g/mol. The summed E-state index contributed by atoms with van der Waals surface area (Å²) in [4.78, 5) is 12.0. The van der Waals surface area contributed by atoms with Crippen molar-refractivity contribution in [3.63, 3.8) is 0 Å². The van der Waals surface area contributed by atoms with Crippen LogP contribution in [0.1, 0.15) is 45.7 Å². The molecule has 0 fully saturated rings. The van der Waals surface area contributed by atoms with Gasteiger partial charge in [0.2, 0.25) is 5.91 Å². The van der Waals surface area contributed by atoms with Crippen molar-refractivity contribution in [1.82, 2.24) is 5.32 Å². The monoisotopic (exact) mass is 276 g/mol. The number of carbonyl (C=O) groups excluding carboxylic acids is 1. The Morgan fingerprint density at radius 3 is 2.15 bits per heavy atom. The van der Waals surface area contributed by atoms with E-state index in [2.05, 4.69) is 50.4 Å². The van der Waals surface area contributed by atoms with Crippen LogP contribution in [0.5, 0.6) is 0 Å². The van der Waals surface area contributed by atoms with Crippen LogP contribution >= 0.6 is 0 Å². The Labute approximate surface area is 122 Å². The van der Waals surface area contributed by atoms with Gasteiger partial charge >= 0.3 is 0 Å². The SMILES string of the molecule is CC(C)NC(=O)C(CN)Cc1ccc(C(C)(C)C)cc1. The van der Waals surface area contributed by atoms with E-state index in [1.165, 1.54) is 5.56 Å². The highest BCUT2D eigenvalue weighted by Crippen LogP contribution is 2.22. The van der Waals surface area contributed by atoms with Crippen molar-refractivity contribution in [2.45, 2.75) is 52.5 Å². The second-order valence-electron chi connectivity index (χ2n) is 6.75. The molecule has 0 radical (unpaired) electrons. The first-order chi connectivity index (χ1) is 9.24. The summed E-state index contributed by atoms with van der Waals surface area (Å²) in [6, 6.07) is 8.64. The molecule has 0 aliphatic carbocycles. The highest BCUT2D eigenvalue weighted by atomic mass is 16.1. The van der Waals surface area contributed by atoms with E-state index in [4.69, 9.17) is 5.73 Å². The minimum absolute atomic E-state index is 0.0439. The molecule has 0 bridgehead atoms. The third-order valence-electron chi connectivity index (χ3n) is 3.39. The maximum Gasteiger partial charge on any atom is 0.224 e. The smallest absolute Gasteiger partial charge is 0.224 e. The van der Waals surface area contributed by atoms with Crippen molar-refractivity contribution in [2.24, 2.45) is 11.7 Å². The topological polar surface area (TPSA) is 55.1 Å². The van der Waals surface area contributed by atoms with Crippen LogP contribution in [0.25, 0.3) is 0 Å². The first-order valence-electron chi connectivity index (χ1n) is 7.34. The number of nitrogens with two attached hydrogens (primary N) is 1. The predicted molar refractivity (Wildman–Crippen MR) is 84.7 cm³/mol. The molecule has 0 saturated heterocycles. The summed E-state index contributed by atoms with van der Waals surface area (Å²) >= 11 is 0. The van der Waals surface area contributed by atoms with Crippen LogP contribution < -0.4 is 11.1 Å². The van der Waals surface area contributed by atoms with Crippen LogP contribution in [-0.2, 0) is 16.6 Å². The Balaban J connectivity index is 2.73. The molecule has 0 aliphatic heterocycles. The zero-order valence-corrected chi connectivity index (χ0v) is 13.4. The van der Waals surface area contributed by atoms with Crippen LogP contribution in [-0.4, -0.2) is 18.5 Å². The fourth-order valence-corrected chi connectivity index (χ4v) is 2.11. The van der Waals surface area contributed by atoms with Crippen LogP contribution in [0.15, 0.2) is 24.3 Å². The molecule has 1 atom stereocenters. The number of hydrogen-bond donors (Lipinski definition) is 2. The Morgan fingerprint density at radius 2 is 1.75 bits per heavy atom. The molecular weight excluding hydrogens is 248 g/mol. The third-order valence-corrected chi connectivity index (χ3v) is 3.39. The molecule has 1 rings (SSSR count). The van der Waals surface area contributed by atoms with Gasteiger partial charge in [0.1, 0.15) is 0 Å². The van der Waals surface area contributed by atoms with E-state index in [0.29, 0.717) is 13.0 Å². The van der Waals surface area contributed by atoms with Crippen LogP contribution in [0.2, 0.25) is 0 Å². The van der Waals surface area contributed by atoms with Crippen LogP contribution in [0, 0.1) is 5.92 Å². The standard InChI is InChI=1S/C17H28N2O/c1-12(2)19-16(20)14(11-18)10-13-6-8-15(9-7-13)17(3,4)5/h6-9,12,14H,10-11,18H2,1-5H3,(H,19,20). The molecule has 0 spiro atoms.